The maximum atomic E-state index is 10.3. The fourth-order valence-corrected chi connectivity index (χ4v) is 2.20. The summed E-state index contributed by atoms with van der Waals surface area (Å²) >= 11 is 0. The minimum Gasteiger partial charge on any atom is -0.491 e. The molecule has 0 fully saturated rings. The normalized spacial score (nSPS) is 23.4. The molecule has 1 aromatic rings. The van der Waals surface area contributed by atoms with Crippen molar-refractivity contribution < 1.29 is 14.9 Å². The van der Waals surface area contributed by atoms with Gasteiger partial charge in [0.2, 0.25) is 0 Å². The highest BCUT2D eigenvalue weighted by molar-refractivity contribution is 5.40. The van der Waals surface area contributed by atoms with Gasteiger partial charge in [0.25, 0.3) is 0 Å². The Kier molecular flexibility index (Phi) is 3.66. The lowest BCUT2D eigenvalue weighted by Crippen LogP contribution is -2.44. The molecule has 0 saturated heterocycles. The molecule has 0 aromatic heterocycles. The molecule has 1 aliphatic rings. The van der Waals surface area contributed by atoms with E-state index in [0.29, 0.717) is 13.2 Å². The summed E-state index contributed by atoms with van der Waals surface area (Å²) < 4.78 is 5.65. The van der Waals surface area contributed by atoms with E-state index >= 15 is 0 Å². The molecule has 94 valence electrons. The summed E-state index contributed by atoms with van der Waals surface area (Å²) in [4.78, 5) is 1.93. The molecule has 0 radical (unpaired) electrons. The van der Waals surface area contributed by atoms with Crippen LogP contribution in [0.25, 0.3) is 0 Å². The van der Waals surface area contributed by atoms with Crippen molar-refractivity contribution in [3.05, 3.63) is 29.3 Å². The number of ether oxygens (including phenoxy) is 1. The Morgan fingerprint density at radius 3 is 2.94 bits per heavy atom. The van der Waals surface area contributed by atoms with E-state index in [1.54, 1.807) is 0 Å². The molecule has 2 atom stereocenters. The predicted molar refractivity (Wildman–Crippen MR) is 65.1 cm³/mol. The highest BCUT2D eigenvalue weighted by atomic mass is 16.5. The zero-order valence-corrected chi connectivity index (χ0v) is 10.3. The summed E-state index contributed by atoms with van der Waals surface area (Å²) in [7, 11) is 1.88. The average Bonchev–Trinajstić information content (AvgIpc) is 2.30. The van der Waals surface area contributed by atoms with Crippen LogP contribution in [-0.2, 0) is 0 Å². The predicted octanol–water partition coefficient (Wildman–Crippen LogP) is 0.714. The molecule has 1 aliphatic heterocycles. The van der Waals surface area contributed by atoms with Gasteiger partial charge in [0.05, 0.1) is 12.6 Å². The molecule has 0 saturated carbocycles. The van der Waals surface area contributed by atoms with Crippen molar-refractivity contribution in [1.29, 1.82) is 0 Å². The summed E-state index contributed by atoms with van der Waals surface area (Å²) in [6.07, 6.45) is -0.560. The Labute approximate surface area is 101 Å². The minimum atomic E-state index is -0.560. The van der Waals surface area contributed by atoms with E-state index in [2.05, 4.69) is 0 Å². The largest absolute Gasteiger partial charge is 0.491 e. The zero-order valence-electron chi connectivity index (χ0n) is 10.3. The Hall–Kier alpha value is -1.10. The van der Waals surface area contributed by atoms with Crippen LogP contribution in [0.3, 0.4) is 0 Å². The highest BCUT2D eigenvalue weighted by Crippen LogP contribution is 2.34. The molecule has 2 unspecified atom stereocenters. The third kappa shape index (κ3) is 2.44. The molecule has 0 aliphatic carbocycles. The van der Waals surface area contributed by atoms with Crippen LogP contribution in [0.15, 0.2) is 18.2 Å². The number of likely N-dealkylation sites (N-methyl/N-ethyl adjacent to an activating group) is 1. The van der Waals surface area contributed by atoms with Crippen molar-refractivity contribution in [3.63, 3.8) is 0 Å². The average molecular weight is 237 g/mol. The lowest BCUT2D eigenvalue weighted by Gasteiger charge is -2.36. The number of aliphatic hydroxyl groups excluding tert-OH is 2. The van der Waals surface area contributed by atoms with Gasteiger partial charge in [-0.2, -0.15) is 0 Å². The van der Waals surface area contributed by atoms with Gasteiger partial charge in [-0.1, -0.05) is 11.6 Å². The number of hydrogen-bond acceptors (Lipinski definition) is 4. The Morgan fingerprint density at radius 2 is 2.24 bits per heavy atom. The van der Waals surface area contributed by atoms with E-state index in [1.165, 1.54) is 0 Å². The number of hydrogen-bond donors (Lipinski definition) is 2. The summed E-state index contributed by atoms with van der Waals surface area (Å²) in [5.74, 6) is 0.761. The fraction of sp³-hybridized carbons (Fsp3) is 0.538. The van der Waals surface area contributed by atoms with Gasteiger partial charge in [0.1, 0.15) is 18.5 Å². The minimum absolute atomic E-state index is 0.0837. The second kappa shape index (κ2) is 5.04. The van der Waals surface area contributed by atoms with Crippen molar-refractivity contribution in [1.82, 2.24) is 4.90 Å². The van der Waals surface area contributed by atoms with E-state index in [9.17, 15) is 5.11 Å². The maximum Gasteiger partial charge on any atom is 0.125 e. The molecule has 1 heterocycles. The van der Waals surface area contributed by atoms with E-state index in [0.717, 1.165) is 16.9 Å². The molecular weight excluding hydrogens is 218 g/mol. The van der Waals surface area contributed by atoms with Gasteiger partial charge in [0, 0.05) is 12.1 Å². The lowest BCUT2D eigenvalue weighted by molar-refractivity contribution is 0.00947. The molecule has 2 rings (SSSR count). The van der Waals surface area contributed by atoms with Crippen molar-refractivity contribution in [3.8, 4) is 5.75 Å². The molecule has 2 N–H and O–H groups in total. The zero-order chi connectivity index (χ0) is 12.4. The number of fused-ring (bicyclic) bond motifs is 1. The lowest BCUT2D eigenvalue weighted by atomic mass is 9.96. The second-order valence-corrected chi connectivity index (χ2v) is 4.57. The smallest absolute Gasteiger partial charge is 0.125 e. The first kappa shape index (κ1) is 12.4. The summed E-state index contributed by atoms with van der Waals surface area (Å²) in [6, 6.07) is 5.73. The SMILES string of the molecule is Cc1ccc2c(c1)C(O)C(N(C)CCO)CO2. The van der Waals surface area contributed by atoms with Crippen LogP contribution >= 0.6 is 0 Å². The standard InChI is InChI=1S/C13H19NO3/c1-9-3-4-12-10(7-9)13(16)11(8-17-12)14(2)5-6-15/h3-4,7,11,13,15-16H,5-6,8H2,1-2H3. The van der Waals surface area contributed by atoms with Gasteiger partial charge >= 0.3 is 0 Å². The number of rotatable bonds is 3. The summed E-state index contributed by atoms with van der Waals surface area (Å²) in [5.41, 5.74) is 1.95. The van der Waals surface area contributed by atoms with E-state index in [4.69, 9.17) is 9.84 Å². The van der Waals surface area contributed by atoms with Gasteiger partial charge in [-0.15, -0.1) is 0 Å². The molecular formula is C13H19NO3. The first-order chi connectivity index (χ1) is 8.13. The Bertz CT molecular complexity index is 394. The van der Waals surface area contributed by atoms with Crippen LogP contribution in [0, 0.1) is 6.92 Å². The van der Waals surface area contributed by atoms with Crippen molar-refractivity contribution in [2.45, 2.75) is 19.1 Å². The third-order valence-electron chi connectivity index (χ3n) is 3.28. The van der Waals surface area contributed by atoms with Gasteiger partial charge in [-0.05, 0) is 26.1 Å². The summed E-state index contributed by atoms with van der Waals surface area (Å²) in [5, 5.41) is 19.3. The number of benzene rings is 1. The third-order valence-corrected chi connectivity index (χ3v) is 3.28. The topological polar surface area (TPSA) is 52.9 Å². The first-order valence-electron chi connectivity index (χ1n) is 5.86. The molecule has 0 bridgehead atoms. The van der Waals surface area contributed by atoms with Crippen molar-refractivity contribution in [2.24, 2.45) is 0 Å². The highest BCUT2D eigenvalue weighted by Gasteiger charge is 2.31. The fourth-order valence-electron chi connectivity index (χ4n) is 2.20. The maximum absolute atomic E-state index is 10.3. The van der Waals surface area contributed by atoms with Crippen molar-refractivity contribution >= 4 is 0 Å². The molecule has 4 nitrogen and oxygen atoms in total. The van der Waals surface area contributed by atoms with Crippen LogP contribution in [0.1, 0.15) is 17.2 Å². The Balaban J connectivity index is 2.22. The van der Waals surface area contributed by atoms with E-state index < -0.39 is 6.10 Å². The van der Waals surface area contributed by atoms with Crippen molar-refractivity contribution in [2.75, 3.05) is 26.8 Å². The van der Waals surface area contributed by atoms with Gasteiger partial charge < -0.3 is 14.9 Å². The van der Waals surface area contributed by atoms with Crippen LogP contribution in [0.5, 0.6) is 5.75 Å². The van der Waals surface area contributed by atoms with Crippen LogP contribution < -0.4 is 4.74 Å². The monoisotopic (exact) mass is 237 g/mol. The van der Waals surface area contributed by atoms with Crippen LogP contribution in [0.2, 0.25) is 0 Å². The molecule has 0 amide bonds. The van der Waals surface area contributed by atoms with E-state index in [1.807, 2.05) is 37.1 Å². The number of aliphatic hydroxyl groups is 2. The van der Waals surface area contributed by atoms with Gasteiger partial charge in [0.15, 0.2) is 0 Å². The first-order valence-corrected chi connectivity index (χ1v) is 5.86. The van der Waals surface area contributed by atoms with Crippen LogP contribution in [0.4, 0.5) is 0 Å². The number of aryl methyl sites for hydroxylation is 1. The molecule has 1 aromatic carbocycles. The van der Waals surface area contributed by atoms with E-state index in [-0.39, 0.29) is 12.6 Å². The van der Waals surface area contributed by atoms with Gasteiger partial charge in [-0.25, -0.2) is 0 Å². The molecule has 0 spiro atoms. The van der Waals surface area contributed by atoms with Crippen LogP contribution in [-0.4, -0.2) is 48.0 Å². The second-order valence-electron chi connectivity index (χ2n) is 4.57. The molecule has 4 heteroatoms. The number of nitrogens with zero attached hydrogens (tertiary/aromatic N) is 1. The van der Waals surface area contributed by atoms with Gasteiger partial charge in [-0.3, -0.25) is 4.90 Å². The summed E-state index contributed by atoms with van der Waals surface area (Å²) in [6.45, 7) is 3.06. The molecule has 17 heavy (non-hydrogen) atoms. The quantitative estimate of drug-likeness (QED) is 0.813. The Morgan fingerprint density at radius 1 is 1.47 bits per heavy atom.